The maximum absolute atomic E-state index is 6.00. The predicted octanol–water partition coefficient (Wildman–Crippen LogP) is 4.98. The molecule has 28 heavy (non-hydrogen) atoms. The van der Waals surface area contributed by atoms with Gasteiger partial charge in [0.2, 0.25) is 0 Å². The van der Waals surface area contributed by atoms with Gasteiger partial charge < -0.3 is 9.31 Å². The van der Waals surface area contributed by atoms with Crippen molar-refractivity contribution in [3.63, 3.8) is 0 Å². The quantitative estimate of drug-likeness (QED) is 0.628. The van der Waals surface area contributed by atoms with Gasteiger partial charge in [0, 0.05) is 45.6 Å². The highest BCUT2D eigenvalue weighted by Gasteiger charge is 2.51. The Balaban J connectivity index is 0.000000162. The molecule has 0 unspecified atom stereocenters. The summed E-state index contributed by atoms with van der Waals surface area (Å²) in [6.45, 7) is 8.27. The molecule has 2 aromatic rings. The zero-order chi connectivity index (χ0) is 19.9. The maximum atomic E-state index is 6.00. The monoisotopic (exact) mass is 442 g/mol. The molecule has 0 amide bonds. The van der Waals surface area contributed by atoms with Crippen molar-refractivity contribution < 1.29 is 9.31 Å². The molecule has 4 nitrogen and oxygen atoms in total. The first-order valence-corrected chi connectivity index (χ1v) is 11.0. The molecular weight excluding hydrogens is 415 g/mol. The van der Waals surface area contributed by atoms with Crippen LogP contribution in [-0.2, 0) is 9.31 Å². The van der Waals surface area contributed by atoms with Gasteiger partial charge >= 0.3 is 7.12 Å². The Hall–Kier alpha value is -1.24. The fraction of sp³-hybridized carbons (Fsp3) is 0.545. The van der Waals surface area contributed by atoms with Crippen LogP contribution in [0.5, 0.6) is 0 Å². The van der Waals surface area contributed by atoms with Crippen molar-refractivity contribution in [3.8, 4) is 0 Å². The van der Waals surface area contributed by atoms with Crippen molar-refractivity contribution in [3.05, 3.63) is 52.5 Å². The third-order valence-electron chi connectivity index (χ3n) is 6.08. The zero-order valence-electron chi connectivity index (χ0n) is 17.1. The minimum atomic E-state index is -0.296. The number of pyridine rings is 2. The third-order valence-corrected chi connectivity index (χ3v) is 6.55. The number of aromatic nitrogens is 2. The molecule has 5 rings (SSSR count). The van der Waals surface area contributed by atoms with E-state index >= 15 is 0 Å². The van der Waals surface area contributed by atoms with E-state index in [0.29, 0.717) is 5.92 Å². The summed E-state index contributed by atoms with van der Waals surface area (Å²) in [4.78, 5) is 8.81. The molecular formula is C22H28BBrN2O2. The van der Waals surface area contributed by atoms with Crippen LogP contribution >= 0.6 is 15.9 Å². The lowest BCUT2D eigenvalue weighted by molar-refractivity contribution is 0.00578. The summed E-state index contributed by atoms with van der Waals surface area (Å²) in [5, 5.41) is 0. The molecule has 3 heterocycles. The molecule has 0 N–H and O–H groups in total. The van der Waals surface area contributed by atoms with E-state index in [9.17, 15) is 0 Å². The lowest BCUT2D eigenvalue weighted by atomic mass is 9.80. The molecule has 1 saturated heterocycles. The summed E-state index contributed by atoms with van der Waals surface area (Å²) < 4.78 is 13.1. The molecule has 2 aliphatic carbocycles. The van der Waals surface area contributed by atoms with Gasteiger partial charge in [0.25, 0.3) is 0 Å². The second-order valence-electron chi connectivity index (χ2n) is 9.05. The Kier molecular flexibility index (Phi) is 5.40. The molecule has 0 atom stereocenters. The fourth-order valence-corrected chi connectivity index (χ4v) is 3.40. The van der Waals surface area contributed by atoms with Gasteiger partial charge in [0.15, 0.2) is 0 Å². The highest BCUT2D eigenvalue weighted by atomic mass is 79.9. The number of rotatable bonds is 3. The van der Waals surface area contributed by atoms with E-state index < -0.39 is 0 Å². The van der Waals surface area contributed by atoms with Crippen LogP contribution in [0.4, 0.5) is 0 Å². The molecule has 3 aliphatic rings. The van der Waals surface area contributed by atoms with Crippen LogP contribution in [0.2, 0.25) is 0 Å². The lowest BCUT2D eigenvalue weighted by Gasteiger charge is -2.32. The van der Waals surface area contributed by atoms with Crippen LogP contribution in [0, 0.1) is 0 Å². The van der Waals surface area contributed by atoms with E-state index in [1.54, 1.807) is 0 Å². The van der Waals surface area contributed by atoms with Gasteiger partial charge in [-0.25, -0.2) is 0 Å². The maximum Gasteiger partial charge on any atom is 0.496 e. The van der Waals surface area contributed by atoms with Gasteiger partial charge in [-0.2, -0.15) is 0 Å². The van der Waals surface area contributed by atoms with Crippen LogP contribution in [0.3, 0.4) is 0 Å². The average Bonchev–Trinajstić information content (AvgIpc) is 3.55. The summed E-state index contributed by atoms with van der Waals surface area (Å²) >= 11 is 3.35. The van der Waals surface area contributed by atoms with E-state index in [4.69, 9.17) is 9.31 Å². The van der Waals surface area contributed by atoms with Crippen LogP contribution < -0.4 is 5.46 Å². The molecule has 1 aliphatic heterocycles. The zero-order valence-corrected chi connectivity index (χ0v) is 18.7. The topological polar surface area (TPSA) is 44.2 Å². The van der Waals surface area contributed by atoms with Gasteiger partial charge in [0.1, 0.15) is 0 Å². The molecule has 0 aromatic carbocycles. The molecule has 0 spiro atoms. The number of hydrogen-bond acceptors (Lipinski definition) is 4. The van der Waals surface area contributed by atoms with Crippen LogP contribution in [0.15, 0.2) is 41.1 Å². The Morgan fingerprint density at radius 2 is 1.32 bits per heavy atom. The van der Waals surface area contributed by atoms with Crippen molar-refractivity contribution in [2.75, 3.05) is 0 Å². The molecule has 2 aromatic heterocycles. The van der Waals surface area contributed by atoms with Gasteiger partial charge in [-0.1, -0.05) is 6.07 Å². The highest BCUT2D eigenvalue weighted by molar-refractivity contribution is 9.10. The fourth-order valence-electron chi connectivity index (χ4n) is 3.16. The lowest BCUT2D eigenvalue weighted by Crippen LogP contribution is -2.41. The van der Waals surface area contributed by atoms with E-state index in [1.165, 1.54) is 37.1 Å². The second-order valence-corrected chi connectivity index (χ2v) is 9.97. The third kappa shape index (κ3) is 4.50. The van der Waals surface area contributed by atoms with E-state index in [-0.39, 0.29) is 18.3 Å². The number of halogens is 1. The summed E-state index contributed by atoms with van der Waals surface area (Å²) in [5.74, 6) is 1.46. The normalized spacial score (nSPS) is 22.5. The molecule has 2 saturated carbocycles. The first-order chi connectivity index (χ1) is 13.2. The summed E-state index contributed by atoms with van der Waals surface area (Å²) in [7, 11) is -0.296. The van der Waals surface area contributed by atoms with Crippen LogP contribution in [0.1, 0.15) is 76.6 Å². The molecule has 148 valence electrons. The van der Waals surface area contributed by atoms with Gasteiger partial charge in [-0.05, 0) is 87.5 Å². The minimum Gasteiger partial charge on any atom is -0.399 e. The molecule has 3 fully saturated rings. The van der Waals surface area contributed by atoms with Crippen LogP contribution in [-0.4, -0.2) is 28.3 Å². The minimum absolute atomic E-state index is 0.285. The van der Waals surface area contributed by atoms with Crippen molar-refractivity contribution in [1.82, 2.24) is 9.97 Å². The molecule has 0 radical (unpaired) electrons. The molecule has 0 bridgehead atoms. The molecule has 6 heteroatoms. The number of nitrogens with zero attached hydrogens (tertiary/aromatic N) is 2. The largest absolute Gasteiger partial charge is 0.496 e. The van der Waals surface area contributed by atoms with Gasteiger partial charge in [0.05, 0.1) is 11.2 Å². The summed E-state index contributed by atoms with van der Waals surface area (Å²) in [6, 6.07) is 8.35. The SMILES string of the molecule is Brc1ccc(C2CC2)nc1.CC1(C)OB(c2ccc(C3CC3)nc2)OC1(C)C. The Morgan fingerprint density at radius 3 is 1.71 bits per heavy atom. The Bertz CT molecular complexity index is 799. The van der Waals surface area contributed by atoms with Crippen LogP contribution in [0.25, 0.3) is 0 Å². The smallest absolute Gasteiger partial charge is 0.399 e. The van der Waals surface area contributed by atoms with E-state index in [1.807, 2.05) is 12.4 Å². The predicted molar refractivity (Wildman–Crippen MR) is 116 cm³/mol. The van der Waals surface area contributed by atoms with Gasteiger partial charge in [-0.15, -0.1) is 0 Å². The number of hydrogen-bond donors (Lipinski definition) is 0. The summed E-state index contributed by atoms with van der Waals surface area (Å²) in [5.41, 5.74) is 2.90. The van der Waals surface area contributed by atoms with E-state index in [0.717, 1.165) is 15.9 Å². The van der Waals surface area contributed by atoms with Crippen molar-refractivity contribution >= 4 is 28.5 Å². The van der Waals surface area contributed by atoms with Crippen molar-refractivity contribution in [2.45, 2.75) is 76.4 Å². The Labute approximate surface area is 176 Å². The van der Waals surface area contributed by atoms with Crippen molar-refractivity contribution in [2.24, 2.45) is 0 Å². The summed E-state index contributed by atoms with van der Waals surface area (Å²) in [6.07, 6.45) is 8.98. The van der Waals surface area contributed by atoms with Crippen molar-refractivity contribution in [1.29, 1.82) is 0 Å². The van der Waals surface area contributed by atoms with Gasteiger partial charge in [-0.3, -0.25) is 9.97 Å². The standard InChI is InChI=1S/C14H20BNO2.C8H8BrN/c1-13(2)14(3,4)18-15(17-13)11-7-8-12(16-9-11)10-5-6-10;9-7-3-4-8(10-5-7)6-1-2-6/h7-10H,5-6H2,1-4H3;3-6H,1-2H2. The highest BCUT2D eigenvalue weighted by Crippen LogP contribution is 2.40. The van der Waals surface area contributed by atoms with E-state index in [2.05, 4.69) is 77.9 Å². The first kappa shape index (κ1) is 20.1. The first-order valence-electron chi connectivity index (χ1n) is 10.2. The average molecular weight is 443 g/mol. The Morgan fingerprint density at radius 1 is 0.821 bits per heavy atom. The second kappa shape index (κ2) is 7.54.